The van der Waals surface area contributed by atoms with Crippen LogP contribution in [0.1, 0.15) is 61.3 Å². The minimum Gasteiger partial charge on any atom is -0.418 e. The first-order valence-electron chi connectivity index (χ1n) is 10.8. The fraction of sp³-hybridized carbons (Fsp3) is 0.292. The van der Waals surface area contributed by atoms with Gasteiger partial charge in [0.25, 0.3) is 0 Å². The molecule has 0 amide bonds. The van der Waals surface area contributed by atoms with Gasteiger partial charge in [0.15, 0.2) is 0 Å². The normalized spacial score (nSPS) is 20.5. The highest BCUT2D eigenvalue weighted by molar-refractivity contribution is 7.99. The Morgan fingerprint density at radius 3 is 3.09 bits per heavy atom. The SMILES string of the molecule is Cc1sc(C(=O)c2cncnc2NC2CC/C(=C\OSN)C2)cc1C1SCc2ccc(Cl)cc21. The van der Waals surface area contributed by atoms with E-state index in [-0.39, 0.29) is 17.1 Å². The molecule has 34 heavy (non-hydrogen) atoms. The molecule has 3 N–H and O–H groups in total. The molecule has 1 aliphatic carbocycles. The van der Waals surface area contributed by atoms with Crippen molar-refractivity contribution < 1.29 is 8.98 Å². The molecule has 2 atom stereocenters. The van der Waals surface area contributed by atoms with Crippen LogP contribution in [0, 0.1) is 6.92 Å². The van der Waals surface area contributed by atoms with Gasteiger partial charge in [-0.1, -0.05) is 17.7 Å². The van der Waals surface area contributed by atoms with Gasteiger partial charge in [0.1, 0.15) is 30.6 Å². The van der Waals surface area contributed by atoms with Crippen molar-refractivity contribution in [2.24, 2.45) is 5.14 Å². The van der Waals surface area contributed by atoms with E-state index in [1.54, 1.807) is 12.5 Å². The van der Waals surface area contributed by atoms with Crippen LogP contribution in [0.15, 0.2) is 48.6 Å². The van der Waals surface area contributed by atoms with Crippen LogP contribution in [-0.4, -0.2) is 21.8 Å². The summed E-state index contributed by atoms with van der Waals surface area (Å²) in [4.78, 5) is 23.9. The standard InChI is InChI=1S/C24H23ClN4O2S3/c1-13-18(23-19-7-16(25)4-3-15(19)11-32-23)8-21(33-13)22(30)20-9-27-12-28-24(20)29-17-5-2-14(6-17)10-31-34-26/h3-4,7-10,12,17,23H,2,5-6,11,26H2,1H3,(H,27,28,29)/b14-10+. The first-order valence-corrected chi connectivity index (χ1v) is 13.9. The van der Waals surface area contributed by atoms with Crippen molar-refractivity contribution in [1.82, 2.24) is 9.97 Å². The summed E-state index contributed by atoms with van der Waals surface area (Å²) in [5.74, 6) is 1.46. The highest BCUT2D eigenvalue weighted by Crippen LogP contribution is 2.49. The predicted octanol–water partition coefficient (Wildman–Crippen LogP) is 6.45. The van der Waals surface area contributed by atoms with Gasteiger partial charge in [-0.15, -0.1) is 23.1 Å². The number of thiophene rings is 1. The highest BCUT2D eigenvalue weighted by Gasteiger charge is 2.29. The zero-order valence-electron chi connectivity index (χ0n) is 18.4. The molecule has 2 aliphatic rings. The van der Waals surface area contributed by atoms with Crippen LogP contribution in [0.5, 0.6) is 0 Å². The number of hydrogen-bond donors (Lipinski definition) is 2. The number of aromatic nitrogens is 2. The summed E-state index contributed by atoms with van der Waals surface area (Å²) < 4.78 is 5.14. The number of halogens is 1. The van der Waals surface area contributed by atoms with E-state index in [4.69, 9.17) is 20.9 Å². The fourth-order valence-corrected chi connectivity index (χ4v) is 7.37. The maximum Gasteiger partial charge on any atom is 0.208 e. The molecule has 0 saturated heterocycles. The van der Waals surface area contributed by atoms with E-state index >= 15 is 0 Å². The Morgan fingerprint density at radius 2 is 2.24 bits per heavy atom. The highest BCUT2D eigenvalue weighted by atomic mass is 35.5. The lowest BCUT2D eigenvalue weighted by Crippen LogP contribution is -2.18. The van der Waals surface area contributed by atoms with E-state index in [1.807, 2.05) is 23.9 Å². The lowest BCUT2D eigenvalue weighted by Gasteiger charge is -2.14. The lowest BCUT2D eigenvalue weighted by molar-refractivity contribution is 0.104. The monoisotopic (exact) mass is 530 g/mol. The second-order valence-corrected chi connectivity index (χ2v) is 11.5. The Bertz CT molecular complexity index is 1260. The van der Waals surface area contributed by atoms with Gasteiger partial charge >= 0.3 is 0 Å². The number of nitrogens with zero attached hydrogens (tertiary/aromatic N) is 2. The summed E-state index contributed by atoms with van der Waals surface area (Å²) in [6, 6.07) is 8.30. The van der Waals surface area contributed by atoms with Crippen LogP contribution >= 0.6 is 46.9 Å². The number of carbonyl (C=O) groups excluding carboxylic acids is 1. The first-order chi connectivity index (χ1) is 16.5. The summed E-state index contributed by atoms with van der Waals surface area (Å²) in [6.07, 6.45) is 7.46. The Morgan fingerprint density at radius 1 is 1.35 bits per heavy atom. The van der Waals surface area contributed by atoms with Crippen molar-refractivity contribution in [3.05, 3.63) is 85.7 Å². The van der Waals surface area contributed by atoms with E-state index < -0.39 is 0 Å². The number of benzene rings is 1. The van der Waals surface area contributed by atoms with Gasteiger partial charge in [-0.2, -0.15) is 0 Å². The molecule has 1 saturated carbocycles. The summed E-state index contributed by atoms with van der Waals surface area (Å²) in [7, 11) is 0. The number of nitrogens with two attached hydrogens (primary N) is 1. The van der Waals surface area contributed by atoms with E-state index in [0.29, 0.717) is 16.3 Å². The van der Waals surface area contributed by atoms with Crippen LogP contribution in [-0.2, 0) is 9.94 Å². The van der Waals surface area contributed by atoms with Gasteiger partial charge in [0.2, 0.25) is 5.78 Å². The number of rotatable bonds is 7. The van der Waals surface area contributed by atoms with Crippen molar-refractivity contribution in [3.63, 3.8) is 0 Å². The molecule has 2 unspecified atom stereocenters. The lowest BCUT2D eigenvalue weighted by atomic mass is 10.00. The second-order valence-electron chi connectivity index (χ2n) is 8.32. The molecule has 0 bridgehead atoms. The number of ketones is 1. The van der Waals surface area contributed by atoms with E-state index in [1.165, 1.54) is 39.9 Å². The van der Waals surface area contributed by atoms with E-state index in [0.717, 1.165) is 47.1 Å². The minimum absolute atomic E-state index is 0.0617. The molecule has 1 aromatic carbocycles. The molecule has 0 spiro atoms. The van der Waals surface area contributed by atoms with Gasteiger partial charge in [-0.3, -0.25) is 4.79 Å². The summed E-state index contributed by atoms with van der Waals surface area (Å²) in [6.45, 7) is 2.08. The zero-order chi connectivity index (χ0) is 23.7. The molecule has 0 radical (unpaired) electrons. The van der Waals surface area contributed by atoms with E-state index in [9.17, 15) is 4.79 Å². The molecule has 10 heteroatoms. The summed E-state index contributed by atoms with van der Waals surface area (Å²) in [5.41, 5.74) is 5.40. The van der Waals surface area contributed by atoms with Crippen LogP contribution in [0.4, 0.5) is 5.82 Å². The smallest absolute Gasteiger partial charge is 0.208 e. The number of thioether (sulfide) groups is 1. The Labute approximate surface area is 216 Å². The number of hydrogen-bond acceptors (Lipinski definition) is 9. The average molecular weight is 531 g/mol. The van der Waals surface area contributed by atoms with Gasteiger partial charge in [0.05, 0.1) is 15.7 Å². The molecule has 5 rings (SSSR count). The third kappa shape index (κ3) is 4.85. The number of nitrogens with one attached hydrogen (secondary N) is 1. The second kappa shape index (κ2) is 10.3. The quantitative estimate of drug-likeness (QED) is 0.156. The molecule has 3 aromatic rings. The zero-order valence-corrected chi connectivity index (χ0v) is 21.6. The van der Waals surface area contributed by atoms with Gasteiger partial charge < -0.3 is 9.50 Å². The molecule has 1 fully saturated rings. The van der Waals surface area contributed by atoms with Gasteiger partial charge in [-0.25, -0.2) is 15.1 Å². The fourth-order valence-electron chi connectivity index (χ4n) is 4.47. The number of aryl methyl sites for hydroxylation is 1. The molecule has 3 heterocycles. The van der Waals surface area contributed by atoms with Crippen LogP contribution in [0.2, 0.25) is 5.02 Å². The molecular formula is C24H23ClN4O2S3. The maximum absolute atomic E-state index is 13.5. The Kier molecular flexibility index (Phi) is 7.17. The Balaban J connectivity index is 1.37. The van der Waals surface area contributed by atoms with Crippen LogP contribution < -0.4 is 10.5 Å². The minimum atomic E-state index is -0.0617. The van der Waals surface area contributed by atoms with Crippen LogP contribution in [0.3, 0.4) is 0 Å². The molecule has 2 aromatic heterocycles. The first kappa shape index (κ1) is 23.7. The number of anilines is 1. The third-order valence-electron chi connectivity index (χ3n) is 6.15. The van der Waals surface area contributed by atoms with Crippen molar-refractivity contribution in [3.8, 4) is 0 Å². The maximum atomic E-state index is 13.5. The molecule has 176 valence electrons. The largest absolute Gasteiger partial charge is 0.418 e. The van der Waals surface area contributed by atoms with E-state index in [2.05, 4.69) is 34.3 Å². The van der Waals surface area contributed by atoms with Gasteiger partial charge in [0, 0.05) is 27.9 Å². The van der Waals surface area contributed by atoms with Crippen molar-refractivity contribution >= 4 is 58.5 Å². The van der Waals surface area contributed by atoms with Crippen LogP contribution in [0.25, 0.3) is 0 Å². The molecular weight excluding hydrogens is 508 g/mol. The van der Waals surface area contributed by atoms with Crippen molar-refractivity contribution in [2.75, 3.05) is 5.32 Å². The van der Waals surface area contributed by atoms with Crippen molar-refractivity contribution in [1.29, 1.82) is 0 Å². The molecule has 6 nitrogen and oxygen atoms in total. The van der Waals surface area contributed by atoms with Gasteiger partial charge in [-0.05, 0) is 66.6 Å². The summed E-state index contributed by atoms with van der Waals surface area (Å²) in [5, 5.41) is 9.70. The average Bonchev–Trinajstić information content (AvgIpc) is 3.56. The predicted molar refractivity (Wildman–Crippen MR) is 141 cm³/mol. The number of carbonyl (C=O) groups is 1. The van der Waals surface area contributed by atoms with Crippen molar-refractivity contribution in [2.45, 2.75) is 43.2 Å². The number of fused-ring (bicyclic) bond motifs is 1. The third-order valence-corrected chi connectivity index (χ3v) is 8.98. The topological polar surface area (TPSA) is 90.1 Å². The summed E-state index contributed by atoms with van der Waals surface area (Å²) >= 11 is 10.5. The Hall–Kier alpha value is -2.04. The molecule has 1 aliphatic heterocycles.